The van der Waals surface area contributed by atoms with Gasteiger partial charge in [0, 0.05) is 9.77 Å². The number of aliphatic hydroxyl groups is 1. The number of thiophene rings is 1. The number of hydrogen-bond acceptors (Lipinski definition) is 5. The molecule has 0 atom stereocenters. The second kappa shape index (κ2) is 6.51. The lowest BCUT2D eigenvalue weighted by Gasteiger charge is -2.15. The number of benzene rings is 1. The SMILES string of the molecule is COC(=O)Cc1ccsc1-c1ccc([SH](C)(=O)CO)cc1. The molecule has 114 valence electrons. The zero-order valence-electron chi connectivity index (χ0n) is 11.9. The molecule has 1 heterocycles. The van der Waals surface area contributed by atoms with Crippen molar-refractivity contribution in [3.8, 4) is 10.4 Å². The Morgan fingerprint density at radius 1 is 1.29 bits per heavy atom. The summed E-state index contributed by atoms with van der Waals surface area (Å²) in [4.78, 5) is 13.1. The van der Waals surface area contributed by atoms with E-state index in [-0.39, 0.29) is 18.3 Å². The molecule has 0 bridgehead atoms. The number of aliphatic hydroxyl groups excluding tert-OH is 1. The van der Waals surface area contributed by atoms with Crippen molar-refractivity contribution in [3.63, 3.8) is 0 Å². The van der Waals surface area contributed by atoms with Crippen molar-refractivity contribution in [2.75, 3.05) is 19.3 Å². The fourth-order valence-electron chi connectivity index (χ4n) is 1.97. The predicted molar refractivity (Wildman–Crippen MR) is 86.3 cm³/mol. The van der Waals surface area contributed by atoms with Crippen LogP contribution in [0.1, 0.15) is 5.56 Å². The minimum Gasteiger partial charge on any atom is -0.469 e. The lowest BCUT2D eigenvalue weighted by molar-refractivity contribution is -0.139. The number of carbonyl (C=O) groups excluding carboxylic acids is 1. The highest BCUT2D eigenvalue weighted by molar-refractivity contribution is 8.02. The van der Waals surface area contributed by atoms with Crippen LogP contribution >= 0.6 is 11.3 Å². The molecule has 0 fully saturated rings. The van der Waals surface area contributed by atoms with Crippen LogP contribution in [0.2, 0.25) is 0 Å². The normalized spacial score (nSPS) is 12.1. The van der Waals surface area contributed by atoms with Crippen molar-refractivity contribution in [2.24, 2.45) is 0 Å². The summed E-state index contributed by atoms with van der Waals surface area (Å²) >= 11 is 1.55. The number of esters is 1. The molecule has 0 amide bonds. The van der Waals surface area contributed by atoms with E-state index in [9.17, 15) is 9.00 Å². The Labute approximate surface area is 128 Å². The molecule has 6 heteroatoms. The van der Waals surface area contributed by atoms with E-state index in [2.05, 4.69) is 0 Å². The lowest BCUT2D eigenvalue weighted by atomic mass is 10.1. The number of methoxy groups -OCH3 is 1. The van der Waals surface area contributed by atoms with E-state index in [1.165, 1.54) is 7.11 Å². The van der Waals surface area contributed by atoms with Crippen LogP contribution in [0.25, 0.3) is 10.4 Å². The van der Waals surface area contributed by atoms with Crippen LogP contribution in [-0.4, -0.2) is 34.6 Å². The zero-order valence-corrected chi connectivity index (χ0v) is 13.6. The molecule has 4 nitrogen and oxygen atoms in total. The molecule has 1 aromatic carbocycles. The van der Waals surface area contributed by atoms with Gasteiger partial charge in [-0.05, 0) is 41.0 Å². The third-order valence-electron chi connectivity index (χ3n) is 3.25. The maximum atomic E-state index is 12.1. The fraction of sp³-hybridized carbons (Fsp3) is 0.267. The van der Waals surface area contributed by atoms with Crippen molar-refractivity contribution >= 4 is 27.2 Å². The molecule has 0 aliphatic rings. The molecule has 21 heavy (non-hydrogen) atoms. The zero-order chi connectivity index (χ0) is 15.5. The van der Waals surface area contributed by atoms with Gasteiger partial charge in [0.1, 0.15) is 0 Å². The van der Waals surface area contributed by atoms with Crippen molar-refractivity contribution in [3.05, 3.63) is 41.3 Å². The van der Waals surface area contributed by atoms with E-state index in [0.29, 0.717) is 4.90 Å². The standard InChI is InChI=1S/C15H18O4S2/c1-19-14(17)9-12-7-8-20-15(12)11-3-5-13(6-4-11)21(2,18)10-16/h3-8,16,21H,9-10H2,1-2H3. The smallest absolute Gasteiger partial charge is 0.310 e. The Hall–Kier alpha value is -1.50. The van der Waals surface area contributed by atoms with Crippen molar-refractivity contribution in [1.82, 2.24) is 0 Å². The van der Waals surface area contributed by atoms with Crippen LogP contribution in [-0.2, 0) is 25.9 Å². The van der Waals surface area contributed by atoms with Gasteiger partial charge >= 0.3 is 5.97 Å². The van der Waals surface area contributed by atoms with Gasteiger partial charge in [-0.3, -0.25) is 9.00 Å². The number of rotatable bonds is 5. The second-order valence-corrected chi connectivity index (χ2v) is 8.73. The summed E-state index contributed by atoms with van der Waals surface area (Å²) in [6.45, 7) is 0. The Morgan fingerprint density at radius 2 is 1.95 bits per heavy atom. The molecular weight excluding hydrogens is 308 g/mol. The minimum absolute atomic E-state index is 0.236. The maximum absolute atomic E-state index is 12.1. The molecule has 1 aromatic heterocycles. The topological polar surface area (TPSA) is 63.6 Å². The van der Waals surface area contributed by atoms with Gasteiger partial charge in [-0.25, -0.2) is 0 Å². The van der Waals surface area contributed by atoms with Gasteiger partial charge in [0.05, 0.1) is 19.5 Å². The number of ether oxygens (including phenoxy) is 1. The number of hydrogen-bond donors (Lipinski definition) is 2. The van der Waals surface area contributed by atoms with E-state index in [1.54, 1.807) is 29.7 Å². The Bertz CT molecular complexity index is 673. The van der Waals surface area contributed by atoms with Crippen LogP contribution in [0, 0.1) is 0 Å². The van der Waals surface area contributed by atoms with Gasteiger partial charge < -0.3 is 9.84 Å². The minimum atomic E-state index is -2.68. The highest BCUT2D eigenvalue weighted by atomic mass is 32.2. The molecule has 0 saturated heterocycles. The van der Waals surface area contributed by atoms with E-state index in [4.69, 9.17) is 9.84 Å². The average Bonchev–Trinajstić information content (AvgIpc) is 2.95. The van der Waals surface area contributed by atoms with E-state index < -0.39 is 9.93 Å². The quantitative estimate of drug-likeness (QED) is 0.652. The molecule has 0 aliphatic carbocycles. The van der Waals surface area contributed by atoms with E-state index in [0.717, 1.165) is 16.0 Å². The Morgan fingerprint density at radius 3 is 2.52 bits per heavy atom. The summed E-state index contributed by atoms with van der Waals surface area (Å²) in [5, 5.41) is 11.1. The second-order valence-electron chi connectivity index (χ2n) is 4.82. The monoisotopic (exact) mass is 326 g/mol. The van der Waals surface area contributed by atoms with Crippen LogP contribution < -0.4 is 0 Å². The summed E-state index contributed by atoms with van der Waals surface area (Å²) < 4.78 is 16.8. The fourth-order valence-corrected chi connectivity index (χ4v) is 3.84. The van der Waals surface area contributed by atoms with Crippen molar-refractivity contribution < 1.29 is 18.8 Å². The van der Waals surface area contributed by atoms with Gasteiger partial charge in [-0.1, -0.05) is 22.1 Å². The molecule has 2 aromatic rings. The van der Waals surface area contributed by atoms with Gasteiger partial charge in [0.2, 0.25) is 0 Å². The van der Waals surface area contributed by atoms with Crippen LogP contribution in [0.5, 0.6) is 0 Å². The lowest BCUT2D eigenvalue weighted by Crippen LogP contribution is -2.14. The summed E-state index contributed by atoms with van der Waals surface area (Å²) in [6, 6.07) is 9.19. The van der Waals surface area contributed by atoms with Crippen molar-refractivity contribution in [2.45, 2.75) is 11.3 Å². The van der Waals surface area contributed by atoms with E-state index in [1.807, 2.05) is 23.6 Å². The average molecular weight is 326 g/mol. The van der Waals surface area contributed by atoms with Gasteiger partial charge in [0.15, 0.2) is 0 Å². The molecule has 2 rings (SSSR count). The van der Waals surface area contributed by atoms with Gasteiger partial charge in [0.25, 0.3) is 0 Å². The molecule has 0 unspecified atom stereocenters. The Kier molecular flexibility index (Phi) is 4.92. The molecule has 0 aliphatic heterocycles. The Balaban J connectivity index is 2.30. The molecule has 0 spiro atoms. The van der Waals surface area contributed by atoms with Gasteiger partial charge in [-0.2, -0.15) is 0 Å². The first-order valence-electron chi connectivity index (χ1n) is 6.39. The number of thiol groups is 1. The summed E-state index contributed by atoms with van der Waals surface area (Å²) in [5.41, 5.74) is 1.88. The summed E-state index contributed by atoms with van der Waals surface area (Å²) in [5.74, 6) is -0.608. The van der Waals surface area contributed by atoms with Crippen LogP contribution in [0.15, 0.2) is 40.6 Å². The number of carbonyl (C=O) groups is 1. The summed E-state index contributed by atoms with van der Waals surface area (Å²) in [7, 11) is -1.31. The summed E-state index contributed by atoms with van der Waals surface area (Å²) in [6.07, 6.45) is 1.80. The van der Waals surface area contributed by atoms with Crippen LogP contribution in [0.4, 0.5) is 0 Å². The van der Waals surface area contributed by atoms with Gasteiger partial charge in [-0.15, -0.1) is 11.3 Å². The first-order valence-corrected chi connectivity index (χ1v) is 9.61. The first-order chi connectivity index (χ1) is 9.97. The maximum Gasteiger partial charge on any atom is 0.310 e. The van der Waals surface area contributed by atoms with E-state index >= 15 is 0 Å². The predicted octanol–water partition coefficient (Wildman–Crippen LogP) is 2.09. The van der Waals surface area contributed by atoms with Crippen molar-refractivity contribution in [1.29, 1.82) is 0 Å². The molecule has 0 saturated carbocycles. The molecular formula is C15H18O4S2. The van der Waals surface area contributed by atoms with Crippen LogP contribution in [0.3, 0.4) is 0 Å². The third kappa shape index (κ3) is 3.58. The highest BCUT2D eigenvalue weighted by Crippen LogP contribution is 2.31. The highest BCUT2D eigenvalue weighted by Gasteiger charge is 2.13. The first kappa shape index (κ1) is 15.9. The molecule has 0 radical (unpaired) electrons. The molecule has 1 N–H and O–H groups in total. The largest absolute Gasteiger partial charge is 0.469 e. The third-order valence-corrected chi connectivity index (χ3v) is 6.19.